The Morgan fingerprint density at radius 2 is 1.83 bits per heavy atom. The summed E-state index contributed by atoms with van der Waals surface area (Å²) in [6.07, 6.45) is 0. The summed E-state index contributed by atoms with van der Waals surface area (Å²) in [6.45, 7) is 3.39. The van der Waals surface area contributed by atoms with Crippen molar-refractivity contribution in [2.24, 2.45) is 0 Å². The zero-order chi connectivity index (χ0) is 13.8. The van der Waals surface area contributed by atoms with Gasteiger partial charge in [0.2, 0.25) is 10.0 Å². The van der Waals surface area contributed by atoms with Crippen LogP contribution in [0.1, 0.15) is 25.5 Å². The van der Waals surface area contributed by atoms with Gasteiger partial charge in [-0.2, -0.15) is 0 Å². The summed E-state index contributed by atoms with van der Waals surface area (Å²) in [6, 6.07) is 5.02. The molecule has 1 aromatic carbocycles. The largest absolute Gasteiger partial charge is 0.493 e. The van der Waals surface area contributed by atoms with Crippen molar-refractivity contribution in [3.8, 4) is 11.5 Å². The predicted molar refractivity (Wildman–Crippen MR) is 70.6 cm³/mol. The highest BCUT2D eigenvalue weighted by molar-refractivity contribution is 7.89. The maximum absolute atomic E-state index is 11.5. The van der Waals surface area contributed by atoms with Crippen molar-refractivity contribution in [2.45, 2.75) is 19.9 Å². The van der Waals surface area contributed by atoms with E-state index in [9.17, 15) is 8.42 Å². The number of rotatable bonds is 6. The van der Waals surface area contributed by atoms with E-state index in [1.54, 1.807) is 40.2 Å². The minimum Gasteiger partial charge on any atom is -0.493 e. The van der Waals surface area contributed by atoms with E-state index in [0.29, 0.717) is 11.5 Å². The van der Waals surface area contributed by atoms with Gasteiger partial charge in [0.1, 0.15) is 0 Å². The molecule has 0 aliphatic rings. The van der Waals surface area contributed by atoms with Gasteiger partial charge in [-0.25, -0.2) is 13.1 Å². The van der Waals surface area contributed by atoms with Crippen molar-refractivity contribution >= 4 is 10.0 Å². The Morgan fingerprint density at radius 1 is 1.22 bits per heavy atom. The Hall–Kier alpha value is -1.27. The number of hydrogen-bond acceptors (Lipinski definition) is 4. The van der Waals surface area contributed by atoms with Gasteiger partial charge in [0.15, 0.2) is 11.5 Å². The fourth-order valence-corrected chi connectivity index (χ4v) is 2.38. The minimum absolute atomic E-state index is 0.0601. The minimum atomic E-state index is -3.22. The maximum atomic E-state index is 11.5. The summed E-state index contributed by atoms with van der Waals surface area (Å²) in [5.74, 6) is 1.26. The summed E-state index contributed by atoms with van der Waals surface area (Å²) in [5, 5.41) is 0. The number of hydrogen-bond donors (Lipinski definition) is 1. The first-order valence-corrected chi connectivity index (χ1v) is 7.30. The fraction of sp³-hybridized carbons (Fsp3) is 0.500. The van der Waals surface area contributed by atoms with Crippen molar-refractivity contribution in [1.82, 2.24) is 4.72 Å². The third-order valence-corrected chi connectivity index (χ3v) is 4.12. The van der Waals surface area contributed by atoms with Crippen molar-refractivity contribution in [2.75, 3.05) is 20.0 Å². The molecule has 0 fully saturated rings. The van der Waals surface area contributed by atoms with Gasteiger partial charge >= 0.3 is 0 Å². The summed E-state index contributed by atoms with van der Waals surface area (Å²) in [5.41, 5.74) is 0.824. The molecule has 0 spiro atoms. The van der Waals surface area contributed by atoms with Crippen LogP contribution in [-0.2, 0) is 10.0 Å². The topological polar surface area (TPSA) is 64.6 Å². The van der Waals surface area contributed by atoms with E-state index in [1.807, 2.05) is 6.07 Å². The molecule has 0 heterocycles. The Bertz CT molecular complexity index is 499. The monoisotopic (exact) mass is 273 g/mol. The van der Waals surface area contributed by atoms with Crippen molar-refractivity contribution in [3.63, 3.8) is 0 Å². The molecule has 1 N–H and O–H groups in total. The second-order valence-electron chi connectivity index (χ2n) is 3.86. The van der Waals surface area contributed by atoms with Gasteiger partial charge in [-0.1, -0.05) is 6.07 Å². The lowest BCUT2D eigenvalue weighted by atomic mass is 10.1. The van der Waals surface area contributed by atoms with Crippen LogP contribution in [0.3, 0.4) is 0 Å². The third kappa shape index (κ3) is 3.61. The smallest absolute Gasteiger partial charge is 0.211 e. The van der Waals surface area contributed by atoms with Crippen LogP contribution in [0.5, 0.6) is 11.5 Å². The lowest BCUT2D eigenvalue weighted by Gasteiger charge is -2.16. The molecule has 1 rings (SSSR count). The summed E-state index contributed by atoms with van der Waals surface area (Å²) in [7, 11) is -0.124. The van der Waals surface area contributed by atoms with Crippen LogP contribution in [-0.4, -0.2) is 28.4 Å². The van der Waals surface area contributed by atoms with Crippen LogP contribution in [0.4, 0.5) is 0 Å². The van der Waals surface area contributed by atoms with E-state index >= 15 is 0 Å². The van der Waals surface area contributed by atoms with E-state index in [0.717, 1.165) is 5.56 Å². The molecule has 1 atom stereocenters. The Kier molecular flexibility index (Phi) is 4.98. The molecule has 1 aromatic rings. The van der Waals surface area contributed by atoms with E-state index in [-0.39, 0.29) is 11.8 Å². The number of sulfonamides is 1. The first-order valence-electron chi connectivity index (χ1n) is 5.65. The highest BCUT2D eigenvalue weighted by Gasteiger charge is 2.15. The molecule has 5 nitrogen and oxygen atoms in total. The van der Waals surface area contributed by atoms with Crippen LogP contribution >= 0.6 is 0 Å². The predicted octanol–water partition coefficient (Wildman–Crippen LogP) is 1.70. The molecule has 0 aliphatic heterocycles. The standard InChI is InChI=1S/C12H19NO4S/c1-5-18(14,15)13-9(2)10-6-7-11(16-3)12(8-10)17-4/h6-9,13H,5H2,1-4H3/t9-/m0/s1. The maximum Gasteiger partial charge on any atom is 0.211 e. The number of benzene rings is 1. The first kappa shape index (κ1) is 14.8. The highest BCUT2D eigenvalue weighted by atomic mass is 32.2. The molecule has 0 radical (unpaired) electrons. The molecule has 0 saturated carbocycles. The molecule has 0 unspecified atom stereocenters. The summed E-state index contributed by atoms with van der Waals surface area (Å²) < 4.78 is 35.9. The number of nitrogens with one attached hydrogen (secondary N) is 1. The molecule has 0 aromatic heterocycles. The van der Waals surface area contributed by atoms with E-state index in [1.165, 1.54) is 0 Å². The van der Waals surface area contributed by atoms with Crippen LogP contribution < -0.4 is 14.2 Å². The summed E-state index contributed by atoms with van der Waals surface area (Å²) in [4.78, 5) is 0. The SMILES string of the molecule is CCS(=O)(=O)N[C@@H](C)c1ccc(OC)c(OC)c1. The molecule has 6 heteroatoms. The lowest BCUT2D eigenvalue weighted by molar-refractivity contribution is 0.354. The summed E-state index contributed by atoms with van der Waals surface area (Å²) >= 11 is 0. The average molecular weight is 273 g/mol. The van der Waals surface area contributed by atoms with Crippen molar-refractivity contribution in [1.29, 1.82) is 0 Å². The van der Waals surface area contributed by atoms with Crippen LogP contribution in [0.2, 0.25) is 0 Å². The van der Waals surface area contributed by atoms with Crippen LogP contribution in [0, 0.1) is 0 Å². The highest BCUT2D eigenvalue weighted by Crippen LogP contribution is 2.29. The van der Waals surface area contributed by atoms with Gasteiger partial charge in [-0.05, 0) is 31.5 Å². The Morgan fingerprint density at radius 3 is 2.33 bits per heavy atom. The molecule has 0 bridgehead atoms. The Labute approximate surface area is 108 Å². The van der Waals surface area contributed by atoms with Crippen LogP contribution in [0.15, 0.2) is 18.2 Å². The van der Waals surface area contributed by atoms with Crippen LogP contribution in [0.25, 0.3) is 0 Å². The van der Waals surface area contributed by atoms with Gasteiger partial charge in [0.25, 0.3) is 0 Å². The average Bonchev–Trinajstić information content (AvgIpc) is 2.37. The molecule has 0 amide bonds. The van der Waals surface area contributed by atoms with Gasteiger partial charge < -0.3 is 9.47 Å². The van der Waals surface area contributed by atoms with Gasteiger partial charge in [-0.3, -0.25) is 0 Å². The molecule has 102 valence electrons. The van der Waals surface area contributed by atoms with Gasteiger partial charge in [0, 0.05) is 6.04 Å². The lowest BCUT2D eigenvalue weighted by Crippen LogP contribution is -2.28. The first-order chi connectivity index (χ1) is 8.43. The molecule has 0 saturated heterocycles. The quantitative estimate of drug-likeness (QED) is 0.857. The zero-order valence-electron chi connectivity index (χ0n) is 11.1. The molecule has 18 heavy (non-hydrogen) atoms. The second-order valence-corrected chi connectivity index (χ2v) is 5.90. The molecular formula is C12H19NO4S. The molecular weight excluding hydrogens is 254 g/mol. The Balaban J connectivity index is 2.97. The van der Waals surface area contributed by atoms with E-state index < -0.39 is 10.0 Å². The zero-order valence-corrected chi connectivity index (χ0v) is 11.9. The van der Waals surface area contributed by atoms with Crippen molar-refractivity contribution < 1.29 is 17.9 Å². The second kappa shape index (κ2) is 6.06. The molecule has 0 aliphatic carbocycles. The number of methoxy groups -OCH3 is 2. The van der Waals surface area contributed by atoms with Gasteiger partial charge in [-0.15, -0.1) is 0 Å². The normalized spacial score (nSPS) is 13.1. The van der Waals surface area contributed by atoms with E-state index in [2.05, 4.69) is 4.72 Å². The van der Waals surface area contributed by atoms with E-state index in [4.69, 9.17) is 9.47 Å². The third-order valence-electron chi connectivity index (χ3n) is 2.64. The fourth-order valence-electron chi connectivity index (χ4n) is 1.54. The number of ether oxygens (including phenoxy) is 2. The van der Waals surface area contributed by atoms with Gasteiger partial charge in [0.05, 0.1) is 20.0 Å². The van der Waals surface area contributed by atoms with Crippen molar-refractivity contribution in [3.05, 3.63) is 23.8 Å².